The first-order valence-electron chi connectivity index (χ1n) is 3.54. The van der Waals surface area contributed by atoms with Crippen LogP contribution in [0.3, 0.4) is 0 Å². The highest BCUT2D eigenvalue weighted by Gasteiger charge is 1.96. The number of nitrogens with two attached hydrogens (primary N) is 1. The first kappa shape index (κ1) is 11.1. The molecule has 0 saturated carbocycles. The van der Waals surface area contributed by atoms with E-state index in [-0.39, 0.29) is 18.2 Å². The lowest BCUT2D eigenvalue weighted by Gasteiger charge is -1.97. The fourth-order valence-electron chi connectivity index (χ4n) is 0.876. The zero-order valence-electron chi connectivity index (χ0n) is 6.91. The molecule has 66 valence electrons. The molecular formula is C9H12ClNO. The molecule has 0 atom stereocenters. The third-order valence-electron chi connectivity index (χ3n) is 1.60. The van der Waals surface area contributed by atoms with E-state index >= 15 is 0 Å². The van der Waals surface area contributed by atoms with E-state index in [0.717, 1.165) is 11.1 Å². The Bertz CT molecular complexity index is 256. The Morgan fingerprint density at radius 1 is 1.33 bits per heavy atom. The van der Waals surface area contributed by atoms with E-state index in [1.54, 1.807) is 19.1 Å². The zero-order chi connectivity index (χ0) is 8.27. The lowest BCUT2D eigenvalue weighted by Crippen LogP contribution is -1.97. The highest BCUT2D eigenvalue weighted by Crippen LogP contribution is 2.03. The molecule has 0 saturated heterocycles. The smallest absolute Gasteiger partial charge is 0.159 e. The van der Waals surface area contributed by atoms with Crippen LogP contribution in [0.1, 0.15) is 22.8 Å². The van der Waals surface area contributed by atoms with Gasteiger partial charge in [-0.2, -0.15) is 0 Å². The molecule has 1 rings (SSSR count). The summed E-state index contributed by atoms with van der Waals surface area (Å²) >= 11 is 0. The topological polar surface area (TPSA) is 43.1 Å². The predicted octanol–water partition coefficient (Wildman–Crippen LogP) is 1.77. The van der Waals surface area contributed by atoms with Gasteiger partial charge in [0.15, 0.2) is 5.78 Å². The number of rotatable bonds is 2. The predicted molar refractivity (Wildman–Crippen MR) is 51.6 cm³/mol. The molecule has 1 aromatic rings. The maximum atomic E-state index is 10.8. The molecule has 0 aromatic heterocycles. The van der Waals surface area contributed by atoms with Crippen LogP contribution in [0.25, 0.3) is 0 Å². The molecule has 0 amide bonds. The standard InChI is InChI=1S/C9H11NO.ClH/c1-7(11)9-4-2-8(6-10)3-5-9;/h2-5H,6,10H2,1H3;1H. The summed E-state index contributed by atoms with van der Waals surface area (Å²) in [4.78, 5) is 10.8. The molecule has 0 aliphatic rings. The van der Waals surface area contributed by atoms with Gasteiger partial charge in [-0.05, 0) is 12.5 Å². The SMILES string of the molecule is CC(=O)c1ccc(CN)cc1.Cl. The molecule has 0 aliphatic heterocycles. The van der Waals surface area contributed by atoms with Crippen molar-refractivity contribution < 1.29 is 4.79 Å². The van der Waals surface area contributed by atoms with E-state index in [4.69, 9.17) is 5.73 Å². The first-order valence-corrected chi connectivity index (χ1v) is 3.54. The quantitative estimate of drug-likeness (QED) is 0.714. The van der Waals surface area contributed by atoms with Gasteiger partial charge in [0, 0.05) is 12.1 Å². The van der Waals surface area contributed by atoms with Crippen LogP contribution in [0.5, 0.6) is 0 Å². The number of ketones is 1. The first-order chi connectivity index (χ1) is 5.24. The van der Waals surface area contributed by atoms with Crippen LogP contribution >= 0.6 is 12.4 Å². The molecular weight excluding hydrogens is 174 g/mol. The van der Waals surface area contributed by atoms with Gasteiger partial charge < -0.3 is 5.73 Å². The van der Waals surface area contributed by atoms with Crippen LogP contribution < -0.4 is 5.73 Å². The summed E-state index contributed by atoms with van der Waals surface area (Å²) in [5, 5.41) is 0. The summed E-state index contributed by atoms with van der Waals surface area (Å²) < 4.78 is 0. The molecule has 2 N–H and O–H groups in total. The second-order valence-corrected chi connectivity index (χ2v) is 2.46. The molecule has 0 spiro atoms. The average molecular weight is 186 g/mol. The highest BCUT2D eigenvalue weighted by atomic mass is 35.5. The van der Waals surface area contributed by atoms with Crippen molar-refractivity contribution in [3.8, 4) is 0 Å². The van der Waals surface area contributed by atoms with E-state index in [1.165, 1.54) is 0 Å². The van der Waals surface area contributed by atoms with Gasteiger partial charge in [0.25, 0.3) is 0 Å². The fourth-order valence-corrected chi connectivity index (χ4v) is 0.876. The minimum atomic E-state index is 0. The lowest BCUT2D eigenvalue weighted by molar-refractivity contribution is 0.101. The molecule has 0 heterocycles. The summed E-state index contributed by atoms with van der Waals surface area (Å²) in [6.45, 7) is 2.08. The van der Waals surface area contributed by atoms with Crippen molar-refractivity contribution >= 4 is 18.2 Å². The summed E-state index contributed by atoms with van der Waals surface area (Å²) in [7, 11) is 0. The van der Waals surface area contributed by atoms with Crippen LogP contribution in [0.15, 0.2) is 24.3 Å². The number of hydrogen-bond donors (Lipinski definition) is 1. The van der Waals surface area contributed by atoms with Gasteiger partial charge in [0.05, 0.1) is 0 Å². The van der Waals surface area contributed by atoms with Gasteiger partial charge in [-0.25, -0.2) is 0 Å². The third-order valence-corrected chi connectivity index (χ3v) is 1.60. The second-order valence-electron chi connectivity index (χ2n) is 2.46. The molecule has 0 radical (unpaired) electrons. The minimum Gasteiger partial charge on any atom is -0.326 e. The van der Waals surface area contributed by atoms with E-state index in [0.29, 0.717) is 6.54 Å². The van der Waals surface area contributed by atoms with Crippen molar-refractivity contribution in [1.29, 1.82) is 0 Å². The van der Waals surface area contributed by atoms with Gasteiger partial charge in [-0.1, -0.05) is 24.3 Å². The van der Waals surface area contributed by atoms with E-state index in [1.807, 2.05) is 12.1 Å². The largest absolute Gasteiger partial charge is 0.326 e. The van der Waals surface area contributed by atoms with Crippen LogP contribution in [0.2, 0.25) is 0 Å². The molecule has 1 aromatic carbocycles. The van der Waals surface area contributed by atoms with Crippen molar-refractivity contribution in [1.82, 2.24) is 0 Å². The molecule has 0 fully saturated rings. The van der Waals surface area contributed by atoms with Crippen molar-refractivity contribution in [2.45, 2.75) is 13.5 Å². The Morgan fingerprint density at radius 3 is 2.17 bits per heavy atom. The number of carbonyl (C=O) groups is 1. The minimum absolute atomic E-state index is 0. The van der Waals surface area contributed by atoms with Crippen molar-refractivity contribution in [3.05, 3.63) is 35.4 Å². The van der Waals surface area contributed by atoms with Crippen molar-refractivity contribution in [3.63, 3.8) is 0 Å². The summed E-state index contributed by atoms with van der Waals surface area (Å²) in [6, 6.07) is 7.34. The lowest BCUT2D eigenvalue weighted by atomic mass is 10.1. The number of Topliss-reactive ketones (excluding diaryl/α,β-unsaturated/α-hetero) is 1. The van der Waals surface area contributed by atoms with Crippen LogP contribution in [0, 0.1) is 0 Å². The van der Waals surface area contributed by atoms with E-state index in [9.17, 15) is 4.79 Å². The molecule has 12 heavy (non-hydrogen) atoms. The van der Waals surface area contributed by atoms with Gasteiger partial charge >= 0.3 is 0 Å². The molecule has 0 aliphatic carbocycles. The van der Waals surface area contributed by atoms with Crippen LogP contribution in [-0.4, -0.2) is 5.78 Å². The Hall–Kier alpha value is -0.860. The Morgan fingerprint density at radius 2 is 1.83 bits per heavy atom. The normalized spacial score (nSPS) is 8.83. The summed E-state index contributed by atoms with van der Waals surface area (Å²) in [5.74, 6) is 0.0913. The maximum absolute atomic E-state index is 10.8. The number of carbonyl (C=O) groups excluding carboxylic acids is 1. The third kappa shape index (κ3) is 2.64. The zero-order valence-corrected chi connectivity index (χ0v) is 7.73. The van der Waals surface area contributed by atoms with Gasteiger partial charge in [-0.15, -0.1) is 12.4 Å². The van der Waals surface area contributed by atoms with Gasteiger partial charge in [-0.3, -0.25) is 4.79 Å². The maximum Gasteiger partial charge on any atom is 0.159 e. The average Bonchev–Trinajstić information content (AvgIpc) is 2.05. The van der Waals surface area contributed by atoms with Gasteiger partial charge in [0.2, 0.25) is 0 Å². The molecule has 0 bridgehead atoms. The van der Waals surface area contributed by atoms with Crippen molar-refractivity contribution in [2.24, 2.45) is 5.73 Å². The van der Waals surface area contributed by atoms with E-state index < -0.39 is 0 Å². The second kappa shape index (κ2) is 4.91. The fraction of sp³-hybridized carbons (Fsp3) is 0.222. The highest BCUT2D eigenvalue weighted by molar-refractivity contribution is 5.93. The molecule has 0 unspecified atom stereocenters. The van der Waals surface area contributed by atoms with E-state index in [2.05, 4.69) is 0 Å². The Balaban J connectivity index is 0.00000121. The number of halogens is 1. The van der Waals surface area contributed by atoms with Gasteiger partial charge in [0.1, 0.15) is 0 Å². The number of benzene rings is 1. The monoisotopic (exact) mass is 185 g/mol. The summed E-state index contributed by atoms with van der Waals surface area (Å²) in [6.07, 6.45) is 0. The Kier molecular flexibility index (Phi) is 4.55. The summed E-state index contributed by atoms with van der Waals surface area (Å²) in [5.41, 5.74) is 7.18. The Labute approximate surface area is 78.2 Å². The molecule has 3 heteroatoms. The number of hydrogen-bond acceptors (Lipinski definition) is 2. The van der Waals surface area contributed by atoms with Crippen LogP contribution in [-0.2, 0) is 6.54 Å². The van der Waals surface area contributed by atoms with Crippen molar-refractivity contribution in [2.75, 3.05) is 0 Å². The molecule has 2 nitrogen and oxygen atoms in total. The van der Waals surface area contributed by atoms with Crippen LogP contribution in [0.4, 0.5) is 0 Å².